The van der Waals surface area contributed by atoms with Crippen LogP contribution in [0.1, 0.15) is 0 Å². The summed E-state index contributed by atoms with van der Waals surface area (Å²) in [6.45, 7) is 21.5. The third-order valence-electron chi connectivity index (χ3n) is 2.30. The zero-order chi connectivity index (χ0) is 14.8. The highest BCUT2D eigenvalue weighted by atomic mass is 28.3. The molecule has 0 saturated heterocycles. The average molecular weight is 322 g/mol. The van der Waals surface area contributed by atoms with E-state index < -0.39 is 24.7 Å². The lowest BCUT2D eigenvalue weighted by Gasteiger charge is -2.48. The molecule has 3 N–H and O–H groups in total. The maximum atomic E-state index is 3.95. The van der Waals surface area contributed by atoms with Crippen LogP contribution in [0.3, 0.4) is 0 Å². The van der Waals surface area contributed by atoms with Crippen LogP contribution >= 0.6 is 0 Å². The van der Waals surface area contributed by atoms with Crippen LogP contribution in [0, 0.1) is 0 Å². The molecule has 0 saturated carbocycles. The third-order valence-corrected chi connectivity index (χ3v) is 6.89. The van der Waals surface area contributed by atoms with E-state index in [4.69, 9.17) is 0 Å². The van der Waals surface area contributed by atoms with E-state index in [9.17, 15) is 0 Å². The van der Waals surface area contributed by atoms with Crippen molar-refractivity contribution in [2.45, 2.75) is 70.8 Å². The van der Waals surface area contributed by atoms with Crippen molar-refractivity contribution in [1.29, 1.82) is 0 Å². The van der Waals surface area contributed by atoms with Crippen LogP contribution < -0.4 is 14.9 Å². The molecule has 0 atom stereocenters. The van der Waals surface area contributed by atoms with E-state index in [-0.39, 0.29) is 5.79 Å². The first-order valence-electron chi connectivity index (χ1n) is 7.06. The molecule has 0 unspecified atom stereocenters. The van der Waals surface area contributed by atoms with Crippen molar-refractivity contribution in [3.63, 3.8) is 0 Å². The van der Waals surface area contributed by atoms with Crippen LogP contribution in [-0.2, 0) is 0 Å². The van der Waals surface area contributed by atoms with Crippen molar-refractivity contribution in [3.05, 3.63) is 0 Å². The third kappa shape index (κ3) is 8.78. The van der Waals surface area contributed by atoms with Gasteiger partial charge in [0, 0.05) is 10.2 Å². The molecular weight excluding hydrogens is 286 g/mol. The molecule has 0 aromatic rings. The number of hydrogen-bond donors (Lipinski definition) is 3. The average Bonchev–Trinajstić information content (AvgIpc) is 1.93. The molecule has 0 fully saturated rings. The normalized spacial score (nSPS) is 15.2. The minimum atomic E-state index is -1.32. The van der Waals surface area contributed by atoms with Crippen molar-refractivity contribution in [1.82, 2.24) is 14.9 Å². The monoisotopic (exact) mass is 321 g/mol. The fourth-order valence-corrected chi connectivity index (χ4v) is 8.99. The van der Waals surface area contributed by atoms with Gasteiger partial charge in [0.2, 0.25) is 0 Å². The first kappa shape index (κ1) is 18.7. The molecule has 0 rings (SSSR count). The Morgan fingerprint density at radius 1 is 0.667 bits per heavy atom. The second-order valence-electron chi connectivity index (χ2n) is 8.38. The SMILES string of the molecule is C[Si](C)(C)NC(C[SiH3])(N[Si](C)(C)C)N[Si](C)(C)C. The van der Waals surface area contributed by atoms with Gasteiger partial charge in [0.15, 0.2) is 0 Å². The molecule has 3 nitrogen and oxygen atoms in total. The van der Waals surface area contributed by atoms with Gasteiger partial charge >= 0.3 is 0 Å². The molecule has 0 aliphatic heterocycles. The maximum Gasteiger partial charge on any atom is 0.119 e. The second-order valence-corrected chi connectivity index (χ2v) is 23.3. The summed E-state index contributed by atoms with van der Waals surface area (Å²) in [6.07, 6.45) is 0. The van der Waals surface area contributed by atoms with E-state index in [1.54, 1.807) is 0 Å². The van der Waals surface area contributed by atoms with E-state index in [0.29, 0.717) is 0 Å². The van der Waals surface area contributed by atoms with Gasteiger partial charge in [-0.15, -0.1) is 0 Å². The lowest BCUT2D eigenvalue weighted by molar-refractivity contribution is 0.360. The molecule has 0 spiro atoms. The fourth-order valence-electron chi connectivity index (χ4n) is 2.28. The molecule has 110 valence electrons. The molecule has 0 bridgehead atoms. The Kier molecular flexibility index (Phi) is 6.27. The lowest BCUT2D eigenvalue weighted by atomic mass is 10.5. The van der Waals surface area contributed by atoms with E-state index in [1.807, 2.05) is 0 Å². The quantitative estimate of drug-likeness (QED) is 0.493. The molecule has 0 radical (unpaired) electrons. The number of nitrogens with one attached hydrogen (secondary N) is 3. The Bertz CT molecular complexity index is 222. The van der Waals surface area contributed by atoms with Gasteiger partial charge in [0.05, 0.1) is 0 Å². The van der Waals surface area contributed by atoms with Crippen LogP contribution in [0.25, 0.3) is 0 Å². The predicted octanol–water partition coefficient (Wildman–Crippen LogP) is 1.70. The zero-order valence-corrected chi connectivity index (χ0v) is 19.2. The molecule has 0 aromatic carbocycles. The van der Waals surface area contributed by atoms with Crippen molar-refractivity contribution in [2.75, 3.05) is 0 Å². The summed E-state index contributed by atoms with van der Waals surface area (Å²) < 4.78 is 0. The first-order chi connectivity index (χ1) is 7.68. The highest BCUT2D eigenvalue weighted by molar-refractivity contribution is 6.77. The second kappa shape index (κ2) is 6.02. The molecule has 7 heteroatoms. The van der Waals surface area contributed by atoms with Gasteiger partial charge in [-0.25, -0.2) is 0 Å². The largest absolute Gasteiger partial charge is 0.310 e. The summed E-state index contributed by atoms with van der Waals surface area (Å²) in [5.74, 6) is -0.00829. The fraction of sp³-hybridized carbons (Fsp3) is 1.00. The van der Waals surface area contributed by atoms with Crippen LogP contribution in [0.15, 0.2) is 0 Å². The van der Waals surface area contributed by atoms with Gasteiger partial charge < -0.3 is 14.9 Å². The molecule has 0 heterocycles. The van der Waals surface area contributed by atoms with Gasteiger partial charge in [-0.2, -0.15) is 0 Å². The van der Waals surface area contributed by atoms with Gasteiger partial charge in [-0.05, 0) is 6.04 Å². The summed E-state index contributed by atoms with van der Waals surface area (Å²) in [5.41, 5.74) is 0. The number of rotatable bonds is 7. The Morgan fingerprint density at radius 3 is 1.00 bits per heavy atom. The number of hydrogen-bond acceptors (Lipinski definition) is 3. The van der Waals surface area contributed by atoms with Crippen molar-refractivity contribution >= 4 is 34.9 Å². The first-order valence-corrected chi connectivity index (χ1v) is 19.0. The highest BCUT2D eigenvalue weighted by Crippen LogP contribution is 2.14. The van der Waals surface area contributed by atoms with E-state index >= 15 is 0 Å². The van der Waals surface area contributed by atoms with Crippen LogP contribution in [-0.4, -0.2) is 40.7 Å². The zero-order valence-electron chi connectivity index (χ0n) is 14.2. The molecular formula is C11H35N3Si4. The highest BCUT2D eigenvalue weighted by Gasteiger charge is 2.38. The molecule has 0 aliphatic rings. The summed E-state index contributed by atoms with van der Waals surface area (Å²) >= 11 is 0. The van der Waals surface area contributed by atoms with Gasteiger partial charge in [0.1, 0.15) is 30.5 Å². The Balaban J connectivity index is 5.20. The summed E-state index contributed by atoms with van der Waals surface area (Å²) in [7, 11) is -2.76. The van der Waals surface area contributed by atoms with E-state index in [1.165, 1.54) is 16.3 Å². The topological polar surface area (TPSA) is 36.1 Å². The van der Waals surface area contributed by atoms with Crippen molar-refractivity contribution < 1.29 is 0 Å². The minimum Gasteiger partial charge on any atom is -0.310 e. The standard InChI is InChI=1S/C11H35N3Si4/c1-16(2,3)12-11(10-15,13-17(4,5)6)14-18(7,8)9/h12-14H,10H2,1-9,15H3. The summed E-state index contributed by atoms with van der Waals surface area (Å²) in [5, 5.41) is 0. The molecule has 0 amide bonds. The summed E-state index contributed by atoms with van der Waals surface area (Å²) in [6, 6.07) is 1.21. The maximum absolute atomic E-state index is 3.95. The van der Waals surface area contributed by atoms with Crippen LogP contribution in [0.5, 0.6) is 0 Å². The Hall–Kier alpha value is 0.748. The molecule has 0 aliphatic carbocycles. The Labute approximate surface area is 121 Å². The van der Waals surface area contributed by atoms with Gasteiger partial charge in [0.25, 0.3) is 0 Å². The molecule has 18 heavy (non-hydrogen) atoms. The lowest BCUT2D eigenvalue weighted by Crippen LogP contribution is -2.79. The van der Waals surface area contributed by atoms with Crippen LogP contribution in [0.2, 0.25) is 65.0 Å². The van der Waals surface area contributed by atoms with Gasteiger partial charge in [-0.1, -0.05) is 58.9 Å². The van der Waals surface area contributed by atoms with Crippen LogP contribution in [0.4, 0.5) is 0 Å². The summed E-state index contributed by atoms with van der Waals surface area (Å²) in [4.78, 5) is 11.9. The van der Waals surface area contributed by atoms with E-state index in [0.717, 1.165) is 0 Å². The molecule has 0 aromatic heterocycles. The predicted molar refractivity (Wildman–Crippen MR) is 96.9 cm³/mol. The van der Waals surface area contributed by atoms with E-state index in [2.05, 4.69) is 73.9 Å². The van der Waals surface area contributed by atoms with Crippen molar-refractivity contribution in [2.24, 2.45) is 0 Å². The Morgan fingerprint density at radius 2 is 0.889 bits per heavy atom. The van der Waals surface area contributed by atoms with Gasteiger partial charge in [-0.3, -0.25) is 0 Å². The minimum absolute atomic E-state index is 0.00829. The smallest absolute Gasteiger partial charge is 0.119 e. The van der Waals surface area contributed by atoms with Crippen molar-refractivity contribution in [3.8, 4) is 0 Å².